The van der Waals surface area contributed by atoms with Crippen LogP contribution in [0.1, 0.15) is 6.92 Å². The van der Waals surface area contributed by atoms with Gasteiger partial charge in [-0.2, -0.15) is 0 Å². The van der Waals surface area contributed by atoms with Gasteiger partial charge in [-0.05, 0) is 0 Å². The lowest BCUT2D eigenvalue weighted by molar-refractivity contribution is -0.140. The average Bonchev–Trinajstić information content (AvgIpc) is 2.25. The molecule has 2 atom stereocenters. The lowest BCUT2D eigenvalue weighted by Gasteiger charge is -2.12. The van der Waals surface area contributed by atoms with Crippen molar-refractivity contribution in [3.63, 3.8) is 0 Å². The van der Waals surface area contributed by atoms with E-state index in [0.29, 0.717) is 11.5 Å². The van der Waals surface area contributed by atoms with Gasteiger partial charge in [0, 0.05) is 28.9 Å². The van der Waals surface area contributed by atoms with Crippen molar-refractivity contribution in [3.8, 4) is 0 Å². The van der Waals surface area contributed by atoms with E-state index in [1.54, 1.807) is 6.92 Å². The Hall–Kier alpha value is -1.15. The van der Waals surface area contributed by atoms with Gasteiger partial charge in [0.25, 0.3) is 0 Å². The van der Waals surface area contributed by atoms with Crippen molar-refractivity contribution in [2.75, 3.05) is 24.7 Å². The fourth-order valence-corrected chi connectivity index (χ4v) is 1.44. The van der Waals surface area contributed by atoms with Gasteiger partial charge in [-0.3, -0.25) is 4.21 Å². The summed E-state index contributed by atoms with van der Waals surface area (Å²) in [5, 5.41) is 21.6. The summed E-state index contributed by atoms with van der Waals surface area (Å²) in [6.45, 7) is 1.29. The molecule has 16 heavy (non-hydrogen) atoms. The second kappa shape index (κ2) is 8.05. The number of nitrogens with one attached hydrogen (secondary N) is 2. The van der Waals surface area contributed by atoms with Crippen LogP contribution in [0.4, 0.5) is 4.79 Å². The standard InChI is InChI=1S/C8H16N2O5S/c1-2-16(15)4-3-9-8(14)10-6(5-11)7(12)13/h6,11H,2-5H2,1H3,(H,12,13)(H2,9,10,14)/t6-,16?/m0/s1. The first-order valence-electron chi connectivity index (χ1n) is 4.74. The summed E-state index contributed by atoms with van der Waals surface area (Å²) in [7, 11) is -0.975. The monoisotopic (exact) mass is 252 g/mol. The summed E-state index contributed by atoms with van der Waals surface area (Å²) in [4.78, 5) is 21.5. The average molecular weight is 252 g/mol. The van der Waals surface area contributed by atoms with Crippen LogP contribution >= 0.6 is 0 Å². The zero-order valence-corrected chi connectivity index (χ0v) is 9.75. The van der Waals surface area contributed by atoms with Gasteiger partial charge in [0.05, 0.1) is 6.61 Å². The van der Waals surface area contributed by atoms with Crippen LogP contribution < -0.4 is 10.6 Å². The number of carboxylic acid groups (broad SMARTS) is 1. The van der Waals surface area contributed by atoms with E-state index in [2.05, 4.69) is 10.6 Å². The molecule has 0 radical (unpaired) electrons. The maximum absolute atomic E-state index is 11.1. The number of hydrogen-bond acceptors (Lipinski definition) is 4. The molecule has 0 bridgehead atoms. The predicted octanol–water partition coefficient (Wildman–Crippen LogP) is -1.50. The molecule has 1 unspecified atom stereocenters. The van der Waals surface area contributed by atoms with Crippen molar-refractivity contribution in [1.29, 1.82) is 0 Å². The summed E-state index contributed by atoms with van der Waals surface area (Å²) in [5.74, 6) is -0.479. The number of hydrogen-bond donors (Lipinski definition) is 4. The zero-order valence-electron chi connectivity index (χ0n) is 8.93. The lowest BCUT2D eigenvalue weighted by atomic mass is 10.3. The van der Waals surface area contributed by atoms with Crippen molar-refractivity contribution >= 4 is 22.8 Å². The largest absolute Gasteiger partial charge is 0.480 e. The Morgan fingerprint density at radius 1 is 1.44 bits per heavy atom. The van der Waals surface area contributed by atoms with Crippen molar-refractivity contribution < 1.29 is 24.0 Å². The Kier molecular flexibility index (Phi) is 7.48. The smallest absolute Gasteiger partial charge is 0.328 e. The molecule has 7 nitrogen and oxygen atoms in total. The van der Waals surface area contributed by atoms with Crippen molar-refractivity contribution in [3.05, 3.63) is 0 Å². The highest BCUT2D eigenvalue weighted by Crippen LogP contribution is 1.83. The number of carboxylic acids is 1. The maximum Gasteiger partial charge on any atom is 0.328 e. The fraction of sp³-hybridized carbons (Fsp3) is 0.750. The van der Waals surface area contributed by atoms with E-state index in [0.717, 1.165) is 0 Å². The molecule has 0 aliphatic rings. The second-order valence-electron chi connectivity index (χ2n) is 2.91. The molecular formula is C8H16N2O5S. The van der Waals surface area contributed by atoms with E-state index in [1.807, 2.05) is 0 Å². The number of carbonyl (C=O) groups is 2. The Bertz CT molecular complexity index is 271. The third-order valence-corrected chi connectivity index (χ3v) is 3.03. The first-order valence-corrected chi connectivity index (χ1v) is 6.23. The minimum absolute atomic E-state index is 0.198. The predicted molar refractivity (Wildman–Crippen MR) is 58.6 cm³/mol. The molecule has 0 heterocycles. The van der Waals surface area contributed by atoms with Gasteiger partial charge in [0.15, 0.2) is 6.04 Å². The topological polar surface area (TPSA) is 116 Å². The highest BCUT2D eigenvalue weighted by atomic mass is 32.2. The van der Waals surface area contributed by atoms with Crippen LogP contribution in [0.15, 0.2) is 0 Å². The maximum atomic E-state index is 11.1. The van der Waals surface area contributed by atoms with Gasteiger partial charge in [-0.1, -0.05) is 6.92 Å². The number of rotatable bonds is 7. The number of aliphatic carboxylic acids is 1. The third-order valence-electron chi connectivity index (χ3n) is 1.72. The van der Waals surface area contributed by atoms with Crippen molar-refractivity contribution in [1.82, 2.24) is 10.6 Å². The quantitative estimate of drug-likeness (QED) is 0.440. The number of urea groups is 1. The van der Waals surface area contributed by atoms with E-state index in [4.69, 9.17) is 10.2 Å². The molecule has 0 aromatic rings. The minimum Gasteiger partial charge on any atom is -0.480 e. The van der Waals surface area contributed by atoms with Gasteiger partial charge in [0.2, 0.25) is 0 Å². The van der Waals surface area contributed by atoms with Crippen LogP contribution in [0, 0.1) is 0 Å². The van der Waals surface area contributed by atoms with Gasteiger partial charge in [-0.15, -0.1) is 0 Å². The SMILES string of the molecule is CCS(=O)CCNC(=O)N[C@@H](CO)C(=O)O. The summed E-state index contributed by atoms with van der Waals surface area (Å²) in [6, 6.07) is -2.02. The molecule has 0 aliphatic carbocycles. The summed E-state index contributed by atoms with van der Waals surface area (Å²) < 4.78 is 11.0. The highest BCUT2D eigenvalue weighted by Gasteiger charge is 2.18. The molecule has 0 rings (SSSR count). The summed E-state index contributed by atoms with van der Waals surface area (Å²) in [5.41, 5.74) is 0. The van der Waals surface area contributed by atoms with Gasteiger partial charge in [0.1, 0.15) is 0 Å². The first kappa shape index (κ1) is 14.8. The molecule has 4 N–H and O–H groups in total. The van der Waals surface area contributed by atoms with Crippen molar-refractivity contribution in [2.24, 2.45) is 0 Å². The Labute approximate surface area is 95.7 Å². The van der Waals surface area contributed by atoms with Crippen LogP contribution in [-0.2, 0) is 15.6 Å². The molecular weight excluding hydrogens is 236 g/mol. The Morgan fingerprint density at radius 3 is 2.50 bits per heavy atom. The number of carbonyl (C=O) groups excluding carboxylic acids is 1. The number of aliphatic hydroxyl groups excluding tert-OH is 1. The van der Waals surface area contributed by atoms with E-state index in [9.17, 15) is 13.8 Å². The van der Waals surface area contributed by atoms with Crippen molar-refractivity contribution in [2.45, 2.75) is 13.0 Å². The molecule has 0 aliphatic heterocycles. The third kappa shape index (κ3) is 6.36. The summed E-state index contributed by atoms with van der Waals surface area (Å²) in [6.07, 6.45) is 0. The molecule has 0 aromatic carbocycles. The minimum atomic E-state index is -1.32. The van der Waals surface area contributed by atoms with Crippen LogP contribution in [0.5, 0.6) is 0 Å². The number of amides is 2. The van der Waals surface area contributed by atoms with Gasteiger partial charge < -0.3 is 20.8 Å². The van der Waals surface area contributed by atoms with E-state index >= 15 is 0 Å². The molecule has 0 saturated heterocycles. The van der Waals surface area contributed by atoms with Crippen LogP contribution in [0.3, 0.4) is 0 Å². The molecule has 0 aromatic heterocycles. The normalized spacial score (nSPS) is 13.9. The van der Waals surface area contributed by atoms with Gasteiger partial charge in [-0.25, -0.2) is 9.59 Å². The van der Waals surface area contributed by atoms with E-state index in [1.165, 1.54) is 0 Å². The van der Waals surface area contributed by atoms with E-state index < -0.39 is 35.4 Å². The lowest BCUT2D eigenvalue weighted by Crippen LogP contribution is -2.48. The molecule has 0 spiro atoms. The van der Waals surface area contributed by atoms with Gasteiger partial charge >= 0.3 is 12.0 Å². The molecule has 8 heteroatoms. The summed E-state index contributed by atoms with van der Waals surface area (Å²) >= 11 is 0. The van der Waals surface area contributed by atoms with E-state index in [-0.39, 0.29) is 6.54 Å². The van der Waals surface area contributed by atoms with Crippen LogP contribution in [0.25, 0.3) is 0 Å². The molecule has 2 amide bonds. The number of aliphatic hydroxyl groups is 1. The molecule has 94 valence electrons. The molecule has 0 fully saturated rings. The van der Waals surface area contributed by atoms with Crippen LogP contribution in [-0.4, -0.2) is 57.1 Å². The zero-order chi connectivity index (χ0) is 12.6. The highest BCUT2D eigenvalue weighted by molar-refractivity contribution is 7.84. The van der Waals surface area contributed by atoms with Crippen LogP contribution in [0.2, 0.25) is 0 Å². The first-order chi connectivity index (χ1) is 7.51. The molecule has 0 saturated carbocycles. The fourth-order valence-electron chi connectivity index (χ4n) is 0.817. The second-order valence-corrected chi connectivity index (χ2v) is 4.77. The Balaban J connectivity index is 3.81. The Morgan fingerprint density at radius 2 is 2.06 bits per heavy atom.